The zero-order valence-electron chi connectivity index (χ0n) is 14.5. The maximum absolute atomic E-state index is 13.0. The minimum absolute atomic E-state index is 0.0510. The number of carbonyl (C=O) groups excluding carboxylic acids is 1. The van der Waals surface area contributed by atoms with E-state index in [1.165, 1.54) is 6.07 Å². The van der Waals surface area contributed by atoms with Crippen molar-refractivity contribution in [3.8, 4) is 0 Å². The van der Waals surface area contributed by atoms with Gasteiger partial charge in [-0.25, -0.2) is 8.42 Å². The van der Waals surface area contributed by atoms with E-state index in [9.17, 15) is 13.2 Å². The second-order valence-electron chi connectivity index (χ2n) is 6.65. The molecule has 0 radical (unpaired) electrons. The molecule has 4 rings (SSSR count). The molecule has 0 saturated carbocycles. The van der Waals surface area contributed by atoms with Crippen molar-refractivity contribution in [2.24, 2.45) is 4.99 Å². The van der Waals surface area contributed by atoms with Crippen LogP contribution >= 0.6 is 0 Å². The van der Waals surface area contributed by atoms with Crippen molar-refractivity contribution in [1.82, 2.24) is 4.72 Å². The van der Waals surface area contributed by atoms with Gasteiger partial charge in [-0.1, -0.05) is 30.3 Å². The molecule has 2 aliphatic rings. The van der Waals surface area contributed by atoms with E-state index in [0.29, 0.717) is 5.56 Å². The van der Waals surface area contributed by atoms with Crippen molar-refractivity contribution < 1.29 is 13.2 Å². The lowest BCUT2D eigenvalue weighted by molar-refractivity contribution is -0.119. The zero-order valence-corrected chi connectivity index (χ0v) is 15.3. The smallest absolute Gasteiger partial charge is 0.263 e. The van der Waals surface area contributed by atoms with Gasteiger partial charge in [0.2, 0.25) is 0 Å². The van der Waals surface area contributed by atoms with Gasteiger partial charge in [0.25, 0.3) is 15.9 Å². The third-order valence-electron chi connectivity index (χ3n) is 4.79. The molecule has 1 amide bonds. The van der Waals surface area contributed by atoms with Crippen molar-refractivity contribution in [2.45, 2.75) is 37.2 Å². The first kappa shape index (κ1) is 16.8. The summed E-state index contributed by atoms with van der Waals surface area (Å²) in [6.07, 6.45) is 0.806. The Labute approximate surface area is 152 Å². The van der Waals surface area contributed by atoms with Gasteiger partial charge in [0.1, 0.15) is 11.9 Å². The van der Waals surface area contributed by atoms with Crippen LogP contribution < -0.4 is 9.62 Å². The summed E-state index contributed by atoms with van der Waals surface area (Å²) in [6, 6.07) is 13.8. The number of nitrogens with zero attached hydrogens (tertiary/aromatic N) is 2. The quantitative estimate of drug-likeness (QED) is 0.880. The molecule has 6 nitrogen and oxygen atoms in total. The fraction of sp³-hybridized carbons (Fsp3) is 0.263. The number of rotatable bonds is 2. The van der Waals surface area contributed by atoms with Crippen LogP contribution in [-0.2, 0) is 21.2 Å². The molecule has 1 N–H and O–H groups in total. The van der Waals surface area contributed by atoms with E-state index in [0.717, 1.165) is 17.7 Å². The molecule has 134 valence electrons. The Morgan fingerprint density at radius 3 is 2.69 bits per heavy atom. The van der Waals surface area contributed by atoms with Gasteiger partial charge in [0.05, 0.1) is 4.90 Å². The summed E-state index contributed by atoms with van der Waals surface area (Å²) in [4.78, 5) is 19.4. The number of sulfonamides is 1. The number of benzene rings is 2. The number of amides is 1. The summed E-state index contributed by atoms with van der Waals surface area (Å²) in [6.45, 7) is 3.70. The first-order valence-electron chi connectivity index (χ1n) is 8.49. The molecule has 0 aliphatic carbocycles. The van der Waals surface area contributed by atoms with E-state index in [1.54, 1.807) is 30.0 Å². The molecule has 0 spiro atoms. The number of hydrogen-bond acceptors (Lipinski definition) is 4. The van der Waals surface area contributed by atoms with Gasteiger partial charge in [-0.3, -0.25) is 14.5 Å². The highest BCUT2D eigenvalue weighted by Gasteiger charge is 2.35. The molecule has 2 aromatic rings. The zero-order chi connectivity index (χ0) is 18.5. The normalized spacial score (nSPS) is 22.6. The number of amidine groups is 1. The van der Waals surface area contributed by atoms with E-state index in [1.807, 2.05) is 31.2 Å². The maximum Gasteiger partial charge on any atom is 0.263 e. The molecule has 0 unspecified atom stereocenters. The van der Waals surface area contributed by atoms with Crippen LogP contribution in [0, 0.1) is 0 Å². The fourth-order valence-corrected chi connectivity index (χ4v) is 4.82. The van der Waals surface area contributed by atoms with Crippen LogP contribution in [0.15, 0.2) is 58.4 Å². The van der Waals surface area contributed by atoms with Crippen LogP contribution in [0.5, 0.6) is 0 Å². The molecule has 2 heterocycles. The molecule has 7 heteroatoms. The second kappa shape index (κ2) is 5.95. The van der Waals surface area contributed by atoms with Crippen LogP contribution in [-0.4, -0.2) is 32.2 Å². The molecular weight excluding hydrogens is 350 g/mol. The molecule has 0 bridgehead atoms. The van der Waals surface area contributed by atoms with Crippen molar-refractivity contribution in [2.75, 3.05) is 4.90 Å². The Morgan fingerprint density at radius 1 is 1.19 bits per heavy atom. The monoisotopic (exact) mass is 369 g/mol. The number of aliphatic imine (C=N–C) groups is 1. The first-order chi connectivity index (χ1) is 12.4. The van der Waals surface area contributed by atoms with E-state index in [4.69, 9.17) is 0 Å². The predicted octanol–water partition coefficient (Wildman–Crippen LogP) is 2.09. The molecule has 0 aromatic heterocycles. The second-order valence-corrected chi connectivity index (χ2v) is 8.30. The number of carbonyl (C=O) groups is 1. The lowest BCUT2D eigenvalue weighted by Gasteiger charge is -2.24. The minimum atomic E-state index is -3.61. The molecule has 2 aliphatic heterocycles. The van der Waals surface area contributed by atoms with Crippen molar-refractivity contribution in [3.05, 3.63) is 59.7 Å². The van der Waals surface area contributed by atoms with Crippen LogP contribution in [0.4, 0.5) is 5.69 Å². The van der Waals surface area contributed by atoms with Gasteiger partial charge < -0.3 is 4.90 Å². The summed E-state index contributed by atoms with van der Waals surface area (Å²) in [5.74, 6) is 0.0834. The third kappa shape index (κ3) is 2.59. The van der Waals surface area contributed by atoms with Gasteiger partial charge in [-0.05, 0) is 44.0 Å². The Morgan fingerprint density at radius 2 is 1.88 bits per heavy atom. The largest absolute Gasteiger partial charge is 0.307 e. The Kier molecular flexibility index (Phi) is 3.84. The van der Waals surface area contributed by atoms with E-state index < -0.39 is 16.1 Å². The van der Waals surface area contributed by atoms with Gasteiger partial charge in [-0.2, -0.15) is 0 Å². The maximum atomic E-state index is 13.0. The van der Waals surface area contributed by atoms with Crippen LogP contribution in [0.1, 0.15) is 25.0 Å². The van der Waals surface area contributed by atoms with Gasteiger partial charge in [0, 0.05) is 17.3 Å². The molecule has 26 heavy (non-hydrogen) atoms. The van der Waals surface area contributed by atoms with Crippen LogP contribution in [0.25, 0.3) is 0 Å². The topological polar surface area (TPSA) is 78.8 Å². The molecule has 0 saturated heterocycles. The Hall–Kier alpha value is -2.67. The Bertz CT molecular complexity index is 1030. The number of fused-ring (bicyclic) bond motifs is 2. The number of anilines is 1. The van der Waals surface area contributed by atoms with Gasteiger partial charge >= 0.3 is 0 Å². The van der Waals surface area contributed by atoms with E-state index in [-0.39, 0.29) is 22.7 Å². The van der Waals surface area contributed by atoms with E-state index in [2.05, 4.69) is 9.71 Å². The number of nitrogens with one attached hydrogen (secondary N) is 1. The highest BCUT2D eigenvalue weighted by Crippen LogP contribution is 2.32. The van der Waals surface area contributed by atoms with Crippen LogP contribution in [0.3, 0.4) is 0 Å². The summed E-state index contributed by atoms with van der Waals surface area (Å²) >= 11 is 0. The summed E-state index contributed by atoms with van der Waals surface area (Å²) in [5, 5.41) is 0. The predicted molar refractivity (Wildman–Crippen MR) is 99.9 cm³/mol. The molecule has 2 aromatic carbocycles. The van der Waals surface area contributed by atoms with Crippen molar-refractivity contribution in [3.63, 3.8) is 0 Å². The fourth-order valence-electron chi connectivity index (χ4n) is 3.58. The highest BCUT2D eigenvalue weighted by atomic mass is 32.2. The third-order valence-corrected chi connectivity index (χ3v) is 6.18. The minimum Gasteiger partial charge on any atom is -0.307 e. The van der Waals surface area contributed by atoms with Gasteiger partial charge in [-0.15, -0.1) is 0 Å². The first-order valence-corrected chi connectivity index (χ1v) is 9.98. The molecule has 0 fully saturated rings. The summed E-state index contributed by atoms with van der Waals surface area (Å²) in [5.41, 5.74) is 2.55. The summed E-state index contributed by atoms with van der Waals surface area (Å²) < 4.78 is 26.9. The highest BCUT2D eigenvalue weighted by molar-refractivity contribution is 7.90. The summed E-state index contributed by atoms with van der Waals surface area (Å²) in [7, 11) is -3.61. The lowest BCUT2D eigenvalue weighted by atomic mass is 10.1. The lowest BCUT2D eigenvalue weighted by Crippen LogP contribution is -2.41. The molecular formula is C19H19N3O3S. The average molecular weight is 369 g/mol. The number of para-hydroxylation sites is 1. The van der Waals surface area contributed by atoms with Gasteiger partial charge in [0.15, 0.2) is 0 Å². The van der Waals surface area contributed by atoms with Crippen LogP contribution in [0.2, 0.25) is 0 Å². The number of hydrogen-bond donors (Lipinski definition) is 1. The Balaban J connectivity index is 1.66. The molecule has 2 atom stereocenters. The van der Waals surface area contributed by atoms with E-state index >= 15 is 0 Å². The SMILES string of the molecule is C[C@H](N=C1NS(=O)(=O)c2ccccc21)C(=O)N1c2ccccc2C[C@H]1C. The average Bonchev–Trinajstić information content (AvgIpc) is 3.08. The standard InChI is InChI=1S/C19H19N3O3S/c1-12-11-14-7-3-5-9-16(14)22(12)19(23)13(2)20-18-15-8-4-6-10-17(15)26(24,25)21-18/h3-10,12-13H,11H2,1-2H3,(H,20,21)/t12-,13+/m1/s1. The van der Waals surface area contributed by atoms with Crippen molar-refractivity contribution >= 4 is 27.5 Å². The van der Waals surface area contributed by atoms with Crippen molar-refractivity contribution in [1.29, 1.82) is 0 Å².